The van der Waals surface area contributed by atoms with E-state index in [4.69, 9.17) is 4.74 Å². The molecule has 1 fully saturated rings. The molecule has 0 spiro atoms. The first kappa shape index (κ1) is 17.2. The van der Waals surface area contributed by atoms with E-state index in [0.29, 0.717) is 6.54 Å². The van der Waals surface area contributed by atoms with Crippen LogP contribution in [0.15, 0.2) is 41.5 Å². The normalized spacial score (nSPS) is 17.3. The molecule has 6 nitrogen and oxygen atoms in total. The maximum absolute atomic E-state index is 12.2. The second kappa shape index (κ2) is 7.48. The number of hydrogen-bond acceptors (Lipinski definition) is 5. The fourth-order valence-electron chi connectivity index (χ4n) is 2.67. The number of carbonyl (C=O) groups excluding carboxylic acids is 2. The second-order valence-electron chi connectivity index (χ2n) is 5.79. The SMILES string of the molecule is COc1ccc(N2C[C@H](C(=O)N/N=C/c3ccc(C)s3)CC2=O)cc1. The number of nitrogens with zero attached hydrogens (tertiary/aromatic N) is 2. The average Bonchev–Trinajstić information content (AvgIpc) is 3.20. The zero-order valence-electron chi connectivity index (χ0n) is 14.1. The molecule has 0 saturated carbocycles. The fourth-order valence-corrected chi connectivity index (χ4v) is 3.42. The van der Waals surface area contributed by atoms with Gasteiger partial charge in [-0.05, 0) is 43.3 Å². The Morgan fingerprint density at radius 3 is 2.72 bits per heavy atom. The van der Waals surface area contributed by atoms with Crippen molar-refractivity contribution in [2.75, 3.05) is 18.6 Å². The number of thiophene rings is 1. The van der Waals surface area contributed by atoms with Crippen molar-refractivity contribution < 1.29 is 14.3 Å². The minimum Gasteiger partial charge on any atom is -0.497 e. The van der Waals surface area contributed by atoms with Gasteiger partial charge in [0.2, 0.25) is 11.8 Å². The summed E-state index contributed by atoms with van der Waals surface area (Å²) in [6, 6.07) is 11.2. The molecule has 0 radical (unpaired) electrons. The first-order valence-electron chi connectivity index (χ1n) is 7.90. The number of ether oxygens (including phenoxy) is 1. The summed E-state index contributed by atoms with van der Waals surface area (Å²) >= 11 is 1.60. The number of nitrogens with one attached hydrogen (secondary N) is 1. The lowest BCUT2D eigenvalue weighted by atomic mass is 10.1. The van der Waals surface area contributed by atoms with Crippen LogP contribution in [0.25, 0.3) is 0 Å². The molecular formula is C18H19N3O3S. The van der Waals surface area contributed by atoms with Crippen LogP contribution in [0.2, 0.25) is 0 Å². The lowest BCUT2D eigenvalue weighted by molar-refractivity contribution is -0.126. The van der Waals surface area contributed by atoms with Crippen molar-refractivity contribution in [2.24, 2.45) is 11.0 Å². The van der Waals surface area contributed by atoms with E-state index in [2.05, 4.69) is 10.5 Å². The Labute approximate surface area is 150 Å². The molecule has 1 saturated heterocycles. The van der Waals surface area contributed by atoms with Crippen molar-refractivity contribution in [1.82, 2.24) is 5.43 Å². The minimum atomic E-state index is -0.406. The molecule has 2 amide bonds. The van der Waals surface area contributed by atoms with Crippen molar-refractivity contribution in [3.05, 3.63) is 46.2 Å². The molecule has 1 aromatic carbocycles. The van der Waals surface area contributed by atoms with Gasteiger partial charge in [0, 0.05) is 28.4 Å². The Morgan fingerprint density at radius 2 is 2.08 bits per heavy atom. The molecule has 1 atom stereocenters. The lowest BCUT2D eigenvalue weighted by Gasteiger charge is -2.16. The monoisotopic (exact) mass is 357 g/mol. The highest BCUT2D eigenvalue weighted by Gasteiger charge is 2.35. The summed E-state index contributed by atoms with van der Waals surface area (Å²) in [7, 11) is 1.59. The van der Waals surface area contributed by atoms with Crippen LogP contribution >= 0.6 is 11.3 Å². The van der Waals surface area contributed by atoms with Gasteiger partial charge in [-0.25, -0.2) is 5.43 Å². The van der Waals surface area contributed by atoms with E-state index in [0.717, 1.165) is 16.3 Å². The van der Waals surface area contributed by atoms with Gasteiger partial charge < -0.3 is 9.64 Å². The number of aryl methyl sites for hydroxylation is 1. The van der Waals surface area contributed by atoms with E-state index in [9.17, 15) is 9.59 Å². The van der Waals surface area contributed by atoms with Crippen molar-refractivity contribution in [2.45, 2.75) is 13.3 Å². The summed E-state index contributed by atoms with van der Waals surface area (Å²) in [6.07, 6.45) is 1.80. The Kier molecular flexibility index (Phi) is 5.14. The Bertz CT molecular complexity index is 798. The molecule has 1 N–H and O–H groups in total. The number of carbonyl (C=O) groups is 2. The van der Waals surface area contributed by atoms with Crippen LogP contribution in [-0.2, 0) is 9.59 Å². The number of benzene rings is 1. The van der Waals surface area contributed by atoms with Crippen LogP contribution in [0.4, 0.5) is 5.69 Å². The summed E-state index contributed by atoms with van der Waals surface area (Å²) in [4.78, 5) is 28.2. The predicted molar refractivity (Wildman–Crippen MR) is 98.2 cm³/mol. The van der Waals surface area contributed by atoms with Crippen molar-refractivity contribution in [3.8, 4) is 5.75 Å². The van der Waals surface area contributed by atoms with Gasteiger partial charge in [0.15, 0.2) is 0 Å². The highest BCUT2D eigenvalue weighted by Crippen LogP contribution is 2.26. The maximum atomic E-state index is 12.2. The van der Waals surface area contributed by atoms with E-state index in [1.165, 1.54) is 4.88 Å². The highest BCUT2D eigenvalue weighted by molar-refractivity contribution is 7.13. The van der Waals surface area contributed by atoms with Gasteiger partial charge in [0.1, 0.15) is 5.75 Å². The van der Waals surface area contributed by atoms with Gasteiger partial charge >= 0.3 is 0 Å². The number of hydrazone groups is 1. The van der Waals surface area contributed by atoms with Crippen LogP contribution in [-0.4, -0.2) is 31.7 Å². The van der Waals surface area contributed by atoms with Gasteiger partial charge in [-0.2, -0.15) is 5.10 Å². The van der Waals surface area contributed by atoms with Gasteiger partial charge in [-0.1, -0.05) is 0 Å². The Balaban J connectivity index is 1.59. The largest absolute Gasteiger partial charge is 0.497 e. The van der Waals surface area contributed by atoms with Gasteiger partial charge in [-0.15, -0.1) is 11.3 Å². The third-order valence-electron chi connectivity index (χ3n) is 4.01. The molecule has 1 aliphatic heterocycles. The number of hydrogen-bond donors (Lipinski definition) is 1. The van der Waals surface area contributed by atoms with Crippen LogP contribution in [0, 0.1) is 12.8 Å². The van der Waals surface area contributed by atoms with Crippen LogP contribution in [0.3, 0.4) is 0 Å². The van der Waals surface area contributed by atoms with E-state index in [1.54, 1.807) is 41.7 Å². The molecule has 2 heterocycles. The highest BCUT2D eigenvalue weighted by atomic mass is 32.1. The zero-order valence-corrected chi connectivity index (χ0v) is 14.9. The molecule has 0 aliphatic carbocycles. The number of rotatable bonds is 5. The van der Waals surface area contributed by atoms with Crippen molar-refractivity contribution >= 4 is 35.1 Å². The second-order valence-corrected chi connectivity index (χ2v) is 7.11. The molecule has 2 aromatic rings. The Morgan fingerprint density at radius 1 is 1.32 bits per heavy atom. The zero-order chi connectivity index (χ0) is 17.8. The summed E-state index contributed by atoms with van der Waals surface area (Å²) in [5.41, 5.74) is 3.29. The van der Waals surface area contributed by atoms with Gasteiger partial charge in [0.05, 0.1) is 19.2 Å². The van der Waals surface area contributed by atoms with Crippen LogP contribution in [0.1, 0.15) is 16.2 Å². The van der Waals surface area contributed by atoms with E-state index in [1.807, 2.05) is 31.2 Å². The van der Waals surface area contributed by atoms with Gasteiger partial charge in [0.25, 0.3) is 0 Å². The van der Waals surface area contributed by atoms with Crippen molar-refractivity contribution in [3.63, 3.8) is 0 Å². The molecule has 1 aliphatic rings. The first-order valence-corrected chi connectivity index (χ1v) is 8.72. The van der Waals surface area contributed by atoms with Crippen LogP contribution < -0.4 is 15.1 Å². The van der Waals surface area contributed by atoms with Gasteiger partial charge in [-0.3, -0.25) is 9.59 Å². The number of methoxy groups -OCH3 is 1. The fraction of sp³-hybridized carbons (Fsp3) is 0.278. The van der Waals surface area contributed by atoms with Crippen molar-refractivity contribution in [1.29, 1.82) is 0 Å². The summed E-state index contributed by atoms with van der Waals surface area (Å²) in [5, 5.41) is 3.98. The average molecular weight is 357 g/mol. The summed E-state index contributed by atoms with van der Waals surface area (Å²) in [6.45, 7) is 2.36. The molecule has 1 aromatic heterocycles. The molecular weight excluding hydrogens is 338 g/mol. The predicted octanol–water partition coefficient (Wildman–Crippen LogP) is 2.57. The molecule has 3 rings (SSSR count). The molecule has 25 heavy (non-hydrogen) atoms. The standard InChI is InChI=1S/C18H19N3O3S/c1-12-3-8-16(25-12)10-19-20-18(23)13-9-17(22)21(11-13)14-4-6-15(24-2)7-5-14/h3-8,10,13H,9,11H2,1-2H3,(H,20,23)/b19-10+/t13-/m1/s1. The third kappa shape index (κ3) is 4.06. The summed E-state index contributed by atoms with van der Waals surface area (Å²) in [5.74, 6) is 0.0109. The number of amides is 2. The molecule has 7 heteroatoms. The maximum Gasteiger partial charge on any atom is 0.245 e. The number of anilines is 1. The third-order valence-corrected chi connectivity index (χ3v) is 4.94. The van der Waals surface area contributed by atoms with Crippen LogP contribution in [0.5, 0.6) is 5.75 Å². The molecule has 0 bridgehead atoms. The first-order chi connectivity index (χ1) is 12.1. The van der Waals surface area contributed by atoms with E-state index in [-0.39, 0.29) is 18.2 Å². The minimum absolute atomic E-state index is 0.0665. The van der Waals surface area contributed by atoms with E-state index < -0.39 is 5.92 Å². The smallest absolute Gasteiger partial charge is 0.245 e. The van der Waals surface area contributed by atoms with E-state index >= 15 is 0 Å². The summed E-state index contributed by atoms with van der Waals surface area (Å²) < 4.78 is 5.12. The topological polar surface area (TPSA) is 71.0 Å². The Hall–Kier alpha value is -2.67. The quantitative estimate of drug-likeness (QED) is 0.660. The molecule has 0 unspecified atom stereocenters. The molecule has 130 valence electrons. The lowest BCUT2D eigenvalue weighted by Crippen LogP contribution is -2.30.